The molecule has 0 atom stereocenters. The van der Waals surface area contributed by atoms with Gasteiger partial charge in [-0.1, -0.05) is 11.6 Å². The lowest BCUT2D eigenvalue weighted by Crippen LogP contribution is -1.85. The lowest BCUT2D eigenvalue weighted by Gasteiger charge is -1.93. The summed E-state index contributed by atoms with van der Waals surface area (Å²) in [5, 5.41) is 0.729. The van der Waals surface area contributed by atoms with E-state index in [9.17, 15) is 0 Å². The molecule has 1 aromatic carbocycles. The minimum Gasteiger partial charge on any atom is -0.331 e. The second-order valence-corrected chi connectivity index (χ2v) is 3.47. The highest BCUT2D eigenvalue weighted by Gasteiger charge is 1.99. The van der Waals surface area contributed by atoms with Crippen molar-refractivity contribution >= 4 is 34.9 Å². The Hall–Kier alpha value is -0.800. The summed E-state index contributed by atoms with van der Waals surface area (Å²) in [5.74, 6) is 0. The number of benzene rings is 1. The molecule has 4 heteroatoms. The SMILES string of the molecule is Cn1c(=S)[nH]c2ccc(Cl)cc21. The van der Waals surface area contributed by atoms with Gasteiger partial charge in [0.1, 0.15) is 0 Å². The Kier molecular flexibility index (Phi) is 1.70. The Balaban J connectivity index is 2.98. The maximum Gasteiger partial charge on any atom is 0.177 e. The third kappa shape index (κ3) is 1.06. The Labute approximate surface area is 79.8 Å². The summed E-state index contributed by atoms with van der Waals surface area (Å²) in [4.78, 5) is 3.07. The zero-order valence-electron chi connectivity index (χ0n) is 6.47. The molecule has 0 aliphatic heterocycles. The largest absolute Gasteiger partial charge is 0.331 e. The van der Waals surface area contributed by atoms with Gasteiger partial charge in [0.25, 0.3) is 0 Å². The molecule has 0 aliphatic carbocycles. The van der Waals surface area contributed by atoms with E-state index in [1.54, 1.807) is 0 Å². The van der Waals surface area contributed by atoms with Gasteiger partial charge in [-0.15, -0.1) is 0 Å². The quantitative estimate of drug-likeness (QED) is 0.646. The van der Waals surface area contributed by atoms with E-state index in [1.807, 2.05) is 29.8 Å². The van der Waals surface area contributed by atoms with Gasteiger partial charge in [0, 0.05) is 12.1 Å². The molecule has 12 heavy (non-hydrogen) atoms. The van der Waals surface area contributed by atoms with E-state index in [0.717, 1.165) is 16.1 Å². The minimum atomic E-state index is 0.715. The fraction of sp³-hybridized carbons (Fsp3) is 0.125. The van der Waals surface area contributed by atoms with Crippen molar-refractivity contribution in [2.24, 2.45) is 7.05 Å². The van der Waals surface area contributed by atoms with Crippen molar-refractivity contribution in [3.05, 3.63) is 28.0 Å². The van der Waals surface area contributed by atoms with Crippen LogP contribution in [0.1, 0.15) is 0 Å². The van der Waals surface area contributed by atoms with Crippen LogP contribution < -0.4 is 0 Å². The van der Waals surface area contributed by atoms with Crippen molar-refractivity contribution in [3.8, 4) is 0 Å². The third-order valence-electron chi connectivity index (χ3n) is 1.87. The molecular weight excluding hydrogens is 192 g/mol. The molecule has 0 saturated carbocycles. The molecular formula is C8H7ClN2S. The topological polar surface area (TPSA) is 20.7 Å². The number of aromatic nitrogens is 2. The van der Waals surface area contributed by atoms with Crippen molar-refractivity contribution in [2.75, 3.05) is 0 Å². The Morgan fingerprint density at radius 1 is 1.50 bits per heavy atom. The maximum atomic E-state index is 5.84. The molecule has 0 saturated heterocycles. The number of fused-ring (bicyclic) bond motifs is 1. The van der Waals surface area contributed by atoms with Crippen LogP contribution in [0, 0.1) is 4.77 Å². The van der Waals surface area contributed by atoms with Crippen molar-refractivity contribution < 1.29 is 0 Å². The fourth-order valence-electron chi connectivity index (χ4n) is 1.20. The van der Waals surface area contributed by atoms with Gasteiger partial charge >= 0.3 is 0 Å². The monoisotopic (exact) mass is 198 g/mol. The molecule has 1 N–H and O–H groups in total. The van der Waals surface area contributed by atoms with Gasteiger partial charge in [-0.05, 0) is 30.4 Å². The normalized spacial score (nSPS) is 10.8. The van der Waals surface area contributed by atoms with Crippen molar-refractivity contribution in [1.29, 1.82) is 0 Å². The number of imidazole rings is 1. The second-order valence-electron chi connectivity index (χ2n) is 2.65. The maximum absolute atomic E-state index is 5.84. The van der Waals surface area contributed by atoms with Gasteiger partial charge in [0.05, 0.1) is 11.0 Å². The number of aromatic amines is 1. The van der Waals surface area contributed by atoms with Crippen molar-refractivity contribution in [2.45, 2.75) is 0 Å². The summed E-state index contributed by atoms with van der Waals surface area (Å²) in [7, 11) is 1.91. The van der Waals surface area contributed by atoms with Gasteiger partial charge in [-0.2, -0.15) is 0 Å². The first kappa shape index (κ1) is 7.83. The molecule has 2 aromatic rings. The number of rotatable bonds is 0. The van der Waals surface area contributed by atoms with Gasteiger partial charge in [0.2, 0.25) is 0 Å². The van der Waals surface area contributed by atoms with Crippen LogP contribution in [-0.4, -0.2) is 9.55 Å². The highest BCUT2D eigenvalue weighted by atomic mass is 35.5. The molecule has 2 nitrogen and oxygen atoms in total. The van der Waals surface area contributed by atoms with E-state index in [-0.39, 0.29) is 0 Å². The van der Waals surface area contributed by atoms with Gasteiger partial charge < -0.3 is 9.55 Å². The van der Waals surface area contributed by atoms with Gasteiger partial charge in [0.15, 0.2) is 4.77 Å². The number of H-pyrrole nitrogens is 1. The van der Waals surface area contributed by atoms with Crippen LogP contribution in [0.15, 0.2) is 18.2 Å². The van der Waals surface area contributed by atoms with E-state index in [4.69, 9.17) is 23.8 Å². The van der Waals surface area contributed by atoms with Crippen LogP contribution in [0.5, 0.6) is 0 Å². The van der Waals surface area contributed by atoms with Crippen LogP contribution in [0.25, 0.3) is 11.0 Å². The molecule has 1 aromatic heterocycles. The van der Waals surface area contributed by atoms with Crippen molar-refractivity contribution in [1.82, 2.24) is 9.55 Å². The van der Waals surface area contributed by atoms with E-state index < -0.39 is 0 Å². The first-order chi connectivity index (χ1) is 5.68. The molecule has 0 aliphatic rings. The lowest BCUT2D eigenvalue weighted by molar-refractivity contribution is 0.927. The fourth-order valence-corrected chi connectivity index (χ4v) is 1.57. The third-order valence-corrected chi connectivity index (χ3v) is 2.48. The standard InChI is InChI=1S/C8H7ClN2S/c1-11-7-4-5(9)2-3-6(7)10-8(11)12/h2-4H,1H3,(H,10,12). The van der Waals surface area contributed by atoms with Crippen LogP contribution in [0.3, 0.4) is 0 Å². The zero-order chi connectivity index (χ0) is 8.72. The Morgan fingerprint density at radius 3 is 3.00 bits per heavy atom. The average Bonchev–Trinajstić information content (AvgIpc) is 2.31. The number of hydrogen-bond donors (Lipinski definition) is 1. The Bertz CT molecular complexity index is 483. The summed E-state index contributed by atoms with van der Waals surface area (Å²) < 4.78 is 2.61. The van der Waals surface area contributed by atoms with E-state index in [0.29, 0.717) is 4.77 Å². The summed E-state index contributed by atoms with van der Waals surface area (Å²) in [5.41, 5.74) is 2.06. The van der Waals surface area contributed by atoms with Crippen molar-refractivity contribution in [3.63, 3.8) is 0 Å². The highest BCUT2D eigenvalue weighted by molar-refractivity contribution is 7.71. The summed E-state index contributed by atoms with van der Waals surface area (Å²) in [6.45, 7) is 0. The lowest BCUT2D eigenvalue weighted by atomic mass is 10.3. The molecule has 0 amide bonds. The van der Waals surface area contributed by atoms with Gasteiger partial charge in [-0.3, -0.25) is 0 Å². The van der Waals surface area contributed by atoms with E-state index in [2.05, 4.69) is 4.98 Å². The average molecular weight is 199 g/mol. The number of nitrogens with one attached hydrogen (secondary N) is 1. The molecule has 2 rings (SSSR count). The molecule has 62 valence electrons. The Morgan fingerprint density at radius 2 is 2.25 bits per heavy atom. The first-order valence-electron chi connectivity index (χ1n) is 3.53. The number of halogens is 1. The summed E-state index contributed by atoms with van der Waals surface area (Å²) in [6, 6.07) is 5.66. The first-order valence-corrected chi connectivity index (χ1v) is 4.31. The second kappa shape index (κ2) is 2.61. The molecule has 0 bridgehead atoms. The predicted molar refractivity (Wildman–Crippen MR) is 53.1 cm³/mol. The number of nitrogens with zero attached hydrogens (tertiary/aromatic N) is 1. The summed E-state index contributed by atoms with van der Waals surface area (Å²) in [6.07, 6.45) is 0. The highest BCUT2D eigenvalue weighted by Crippen LogP contribution is 2.17. The van der Waals surface area contributed by atoms with E-state index in [1.165, 1.54) is 0 Å². The minimum absolute atomic E-state index is 0.715. The molecule has 0 fully saturated rings. The summed E-state index contributed by atoms with van der Waals surface area (Å²) >= 11 is 10.9. The number of hydrogen-bond acceptors (Lipinski definition) is 1. The molecule has 1 heterocycles. The van der Waals surface area contributed by atoms with Crippen LogP contribution in [0.2, 0.25) is 5.02 Å². The van der Waals surface area contributed by atoms with Crippen LogP contribution in [-0.2, 0) is 7.05 Å². The van der Waals surface area contributed by atoms with Gasteiger partial charge in [-0.25, -0.2) is 0 Å². The smallest absolute Gasteiger partial charge is 0.177 e. The van der Waals surface area contributed by atoms with Crippen LogP contribution >= 0.6 is 23.8 Å². The van der Waals surface area contributed by atoms with Crippen LogP contribution in [0.4, 0.5) is 0 Å². The molecule has 0 spiro atoms. The molecule has 0 radical (unpaired) electrons. The number of aryl methyl sites for hydroxylation is 1. The molecule has 0 unspecified atom stereocenters. The van der Waals surface area contributed by atoms with E-state index >= 15 is 0 Å². The zero-order valence-corrected chi connectivity index (χ0v) is 8.04. The predicted octanol–water partition coefficient (Wildman–Crippen LogP) is 2.89.